The van der Waals surface area contributed by atoms with Gasteiger partial charge in [0.2, 0.25) is 0 Å². The average Bonchev–Trinajstić information content (AvgIpc) is 2.35. The van der Waals surface area contributed by atoms with E-state index in [9.17, 15) is 4.79 Å². The zero-order valence-electron chi connectivity index (χ0n) is 9.60. The van der Waals surface area contributed by atoms with Crippen LogP contribution in [0.3, 0.4) is 0 Å². The number of anilines is 1. The Morgan fingerprint density at radius 2 is 1.82 bits per heavy atom. The first-order valence-electron chi connectivity index (χ1n) is 5.26. The molecular weight excluding hydrogens is 210 g/mol. The van der Waals surface area contributed by atoms with Crippen LogP contribution in [0, 0.1) is 0 Å². The number of carbonyl (C=O) groups excluding carboxylic acids is 1. The normalized spacial score (nSPS) is 11.2. The molecule has 0 fully saturated rings. The maximum atomic E-state index is 11.9. The summed E-state index contributed by atoms with van der Waals surface area (Å²) < 4.78 is 0. The highest BCUT2D eigenvalue weighted by Crippen LogP contribution is 2.08. The van der Waals surface area contributed by atoms with E-state index in [2.05, 4.69) is 18.5 Å². The summed E-state index contributed by atoms with van der Waals surface area (Å²) in [6, 6.07) is 9.30. The molecule has 1 aromatic rings. The molecule has 1 aromatic carbocycles. The van der Waals surface area contributed by atoms with Gasteiger partial charge in [-0.25, -0.2) is 0 Å². The molecule has 1 rings (SSSR count). The van der Waals surface area contributed by atoms with Gasteiger partial charge < -0.3 is 5.32 Å². The summed E-state index contributed by atoms with van der Waals surface area (Å²) in [6.45, 7) is 7.15. The quantitative estimate of drug-likeness (QED) is 0.603. The van der Waals surface area contributed by atoms with Gasteiger partial charge in [0.25, 0.3) is 5.91 Å². The molecule has 0 aliphatic heterocycles. The predicted molar refractivity (Wildman–Crippen MR) is 72.7 cm³/mol. The lowest BCUT2D eigenvalue weighted by Crippen LogP contribution is -2.12. The van der Waals surface area contributed by atoms with Gasteiger partial charge in [-0.3, -0.25) is 4.79 Å². The summed E-state index contributed by atoms with van der Waals surface area (Å²) in [5.41, 5.74) is 1.29. The van der Waals surface area contributed by atoms with Gasteiger partial charge in [0.1, 0.15) is 0 Å². The number of carbonyl (C=O) groups is 1. The van der Waals surface area contributed by atoms with Crippen molar-refractivity contribution >= 4 is 11.6 Å². The lowest BCUT2D eigenvalue weighted by molar-refractivity contribution is -0.112. The van der Waals surface area contributed by atoms with E-state index in [0.717, 1.165) is 5.69 Å². The molecule has 86 valence electrons. The molecule has 17 heavy (non-hydrogen) atoms. The van der Waals surface area contributed by atoms with Crippen LogP contribution in [0.1, 0.15) is 0 Å². The van der Waals surface area contributed by atoms with E-state index < -0.39 is 0 Å². The minimum atomic E-state index is -0.172. The minimum Gasteiger partial charge on any atom is -0.322 e. The van der Waals surface area contributed by atoms with Gasteiger partial charge >= 0.3 is 0 Å². The van der Waals surface area contributed by atoms with Crippen molar-refractivity contribution in [3.05, 3.63) is 79.4 Å². The van der Waals surface area contributed by atoms with Gasteiger partial charge in [0.05, 0.1) is 0 Å². The fourth-order valence-electron chi connectivity index (χ4n) is 1.23. The van der Waals surface area contributed by atoms with Gasteiger partial charge in [-0.15, -0.1) is 0 Å². The third kappa shape index (κ3) is 4.34. The number of rotatable bonds is 5. The monoisotopic (exact) mass is 225 g/mol. The third-order valence-corrected chi connectivity index (χ3v) is 2.00. The second-order valence-electron chi connectivity index (χ2n) is 3.27. The van der Waals surface area contributed by atoms with Crippen LogP contribution < -0.4 is 5.32 Å². The number of benzene rings is 1. The van der Waals surface area contributed by atoms with E-state index in [1.165, 1.54) is 0 Å². The highest BCUT2D eigenvalue weighted by molar-refractivity contribution is 6.05. The maximum Gasteiger partial charge on any atom is 0.255 e. The van der Waals surface area contributed by atoms with Crippen LogP contribution in [0.2, 0.25) is 0 Å². The molecule has 0 aromatic heterocycles. The zero-order chi connectivity index (χ0) is 12.5. The lowest BCUT2D eigenvalue weighted by atomic mass is 10.2. The van der Waals surface area contributed by atoms with Crippen LogP contribution in [0.15, 0.2) is 79.4 Å². The van der Waals surface area contributed by atoms with E-state index in [1.807, 2.05) is 30.3 Å². The molecule has 0 unspecified atom stereocenters. The molecule has 0 bridgehead atoms. The molecule has 0 saturated heterocycles. The molecule has 0 radical (unpaired) electrons. The van der Waals surface area contributed by atoms with Crippen molar-refractivity contribution in [1.82, 2.24) is 0 Å². The van der Waals surface area contributed by atoms with Crippen molar-refractivity contribution in [3.63, 3.8) is 0 Å². The number of hydrogen-bond acceptors (Lipinski definition) is 1. The number of amides is 1. The highest BCUT2D eigenvalue weighted by Gasteiger charge is 2.04. The Balaban J connectivity index is 2.80. The smallest absolute Gasteiger partial charge is 0.255 e. The summed E-state index contributed by atoms with van der Waals surface area (Å²) >= 11 is 0. The molecule has 2 nitrogen and oxygen atoms in total. The minimum absolute atomic E-state index is 0.172. The molecule has 0 atom stereocenters. The molecule has 0 aliphatic rings. The average molecular weight is 225 g/mol. The van der Waals surface area contributed by atoms with Crippen LogP contribution in [0.4, 0.5) is 5.69 Å². The first-order chi connectivity index (χ1) is 8.27. The summed E-state index contributed by atoms with van der Waals surface area (Å²) in [5.74, 6) is -0.172. The van der Waals surface area contributed by atoms with E-state index in [-0.39, 0.29) is 5.91 Å². The van der Waals surface area contributed by atoms with Crippen LogP contribution >= 0.6 is 0 Å². The summed E-state index contributed by atoms with van der Waals surface area (Å²) in [6.07, 6.45) is 8.24. The molecule has 1 N–H and O–H groups in total. The van der Waals surface area contributed by atoms with Crippen molar-refractivity contribution in [2.75, 3.05) is 5.32 Å². The second-order valence-corrected chi connectivity index (χ2v) is 3.27. The van der Waals surface area contributed by atoms with Crippen molar-refractivity contribution in [2.45, 2.75) is 0 Å². The fraction of sp³-hybridized carbons (Fsp3) is 0. The topological polar surface area (TPSA) is 29.1 Å². The second kappa shape index (κ2) is 7.01. The molecule has 1 amide bonds. The number of hydrogen-bond donors (Lipinski definition) is 1. The van der Waals surface area contributed by atoms with Gasteiger partial charge in [0, 0.05) is 11.3 Å². The predicted octanol–water partition coefficient (Wildman–Crippen LogP) is 3.48. The Hall–Kier alpha value is -2.35. The highest BCUT2D eigenvalue weighted by atomic mass is 16.1. The fourth-order valence-corrected chi connectivity index (χ4v) is 1.23. The Bertz CT molecular complexity index is 455. The van der Waals surface area contributed by atoms with E-state index in [4.69, 9.17) is 0 Å². The van der Waals surface area contributed by atoms with Crippen molar-refractivity contribution < 1.29 is 4.79 Å². The Kier molecular flexibility index (Phi) is 5.25. The summed E-state index contributed by atoms with van der Waals surface area (Å²) in [7, 11) is 0. The van der Waals surface area contributed by atoms with Gasteiger partial charge in [-0.2, -0.15) is 0 Å². The first-order valence-corrected chi connectivity index (χ1v) is 5.26. The van der Waals surface area contributed by atoms with Crippen LogP contribution in [-0.4, -0.2) is 5.91 Å². The zero-order valence-corrected chi connectivity index (χ0v) is 9.60. The van der Waals surface area contributed by atoms with Gasteiger partial charge in [-0.05, 0) is 18.2 Å². The molecule has 0 aliphatic carbocycles. The number of nitrogens with one attached hydrogen (secondary N) is 1. The molecule has 0 saturated carbocycles. The number of para-hydroxylation sites is 1. The lowest BCUT2D eigenvalue weighted by Gasteiger charge is -2.04. The summed E-state index contributed by atoms with van der Waals surface area (Å²) in [4.78, 5) is 11.9. The standard InChI is InChI=1S/C15H15NO/c1-3-5-10-13(9-4-2)15(17)16-14-11-7-6-8-12-14/h3-12H,1-2H2,(H,16,17)/b10-5-,13-9+. The molecular formula is C15H15NO. The van der Waals surface area contributed by atoms with Crippen LogP contribution in [0.25, 0.3) is 0 Å². The van der Waals surface area contributed by atoms with E-state index in [0.29, 0.717) is 5.57 Å². The maximum absolute atomic E-state index is 11.9. The van der Waals surface area contributed by atoms with E-state index in [1.54, 1.807) is 30.4 Å². The van der Waals surface area contributed by atoms with Crippen molar-refractivity contribution in [1.29, 1.82) is 0 Å². The Labute approximate surface area is 102 Å². The van der Waals surface area contributed by atoms with Gasteiger partial charge in [-0.1, -0.05) is 55.7 Å². The largest absolute Gasteiger partial charge is 0.322 e. The van der Waals surface area contributed by atoms with Gasteiger partial charge in [0.15, 0.2) is 0 Å². The number of allylic oxidation sites excluding steroid dienone is 4. The Morgan fingerprint density at radius 1 is 1.12 bits per heavy atom. The molecule has 0 heterocycles. The summed E-state index contributed by atoms with van der Waals surface area (Å²) in [5, 5.41) is 2.80. The third-order valence-electron chi connectivity index (χ3n) is 2.00. The van der Waals surface area contributed by atoms with Crippen LogP contribution in [0.5, 0.6) is 0 Å². The first kappa shape index (κ1) is 12.7. The van der Waals surface area contributed by atoms with Crippen molar-refractivity contribution in [2.24, 2.45) is 0 Å². The SMILES string of the molecule is C=C/C=C\C(=C/C=C)C(=O)Nc1ccccc1. The van der Waals surface area contributed by atoms with E-state index >= 15 is 0 Å². The molecule has 2 heteroatoms. The van der Waals surface area contributed by atoms with Crippen molar-refractivity contribution in [3.8, 4) is 0 Å². The Morgan fingerprint density at radius 3 is 2.41 bits per heavy atom. The van der Waals surface area contributed by atoms with Crippen LogP contribution in [-0.2, 0) is 4.79 Å². The molecule has 0 spiro atoms.